The van der Waals surface area contributed by atoms with Crippen molar-refractivity contribution < 1.29 is 4.79 Å². The molecule has 4 nitrogen and oxygen atoms in total. The van der Waals surface area contributed by atoms with Gasteiger partial charge in [-0.3, -0.25) is 4.79 Å². The van der Waals surface area contributed by atoms with Gasteiger partial charge in [-0.2, -0.15) is 0 Å². The van der Waals surface area contributed by atoms with E-state index in [1.54, 1.807) is 12.3 Å². The Labute approximate surface area is 89.7 Å². The number of Topliss-reactive ketones (excluding diaryl/α,β-unsaturated/α-hetero) is 1. The van der Waals surface area contributed by atoms with E-state index in [4.69, 9.17) is 11.5 Å². The highest BCUT2D eigenvalue weighted by molar-refractivity contribution is 6.02. The first kappa shape index (κ1) is 11.7. The summed E-state index contributed by atoms with van der Waals surface area (Å²) in [6.45, 7) is 4.15. The number of nitrogens with two attached hydrogens (primary N) is 2. The Morgan fingerprint density at radius 2 is 2.27 bits per heavy atom. The summed E-state index contributed by atoms with van der Waals surface area (Å²) in [5.41, 5.74) is 12.6. The molecular formula is C11H17N3O. The van der Waals surface area contributed by atoms with Crippen molar-refractivity contribution in [2.24, 2.45) is 11.7 Å². The van der Waals surface area contributed by atoms with Crippen molar-refractivity contribution in [2.45, 2.75) is 20.3 Å². The van der Waals surface area contributed by atoms with Gasteiger partial charge < -0.3 is 11.5 Å². The maximum absolute atomic E-state index is 12.0. The molecule has 0 spiro atoms. The first-order valence-electron chi connectivity index (χ1n) is 5.07. The predicted octanol–water partition coefficient (Wildman–Crippen LogP) is 1.14. The second-order valence-electron chi connectivity index (χ2n) is 3.59. The van der Waals surface area contributed by atoms with Crippen molar-refractivity contribution in [3.8, 4) is 0 Å². The fourth-order valence-corrected chi connectivity index (χ4v) is 1.56. The van der Waals surface area contributed by atoms with E-state index < -0.39 is 0 Å². The molecule has 0 amide bonds. The number of anilines is 1. The van der Waals surface area contributed by atoms with Crippen LogP contribution in [0.15, 0.2) is 12.3 Å². The van der Waals surface area contributed by atoms with Crippen LogP contribution in [0.3, 0.4) is 0 Å². The lowest BCUT2D eigenvalue weighted by molar-refractivity contribution is 0.0921. The van der Waals surface area contributed by atoms with Gasteiger partial charge in [-0.05, 0) is 25.0 Å². The number of ketones is 1. The standard InChI is InChI=1S/C11H17N3O/c1-3-8(6-12)10(15)9-7(2)4-5-14-11(9)13/h4-5,8H,3,6,12H2,1-2H3,(H2,13,14). The molecule has 4 heteroatoms. The average molecular weight is 207 g/mol. The number of hydrogen-bond donors (Lipinski definition) is 2. The number of aryl methyl sites for hydroxylation is 1. The van der Waals surface area contributed by atoms with Crippen molar-refractivity contribution in [3.05, 3.63) is 23.4 Å². The summed E-state index contributed by atoms with van der Waals surface area (Å²) in [6.07, 6.45) is 2.33. The summed E-state index contributed by atoms with van der Waals surface area (Å²) < 4.78 is 0. The van der Waals surface area contributed by atoms with Gasteiger partial charge in [-0.25, -0.2) is 4.98 Å². The van der Waals surface area contributed by atoms with E-state index in [-0.39, 0.29) is 11.7 Å². The molecule has 0 aliphatic heterocycles. The van der Waals surface area contributed by atoms with Crippen molar-refractivity contribution in [1.29, 1.82) is 0 Å². The highest BCUT2D eigenvalue weighted by Gasteiger charge is 2.21. The maximum Gasteiger partial charge on any atom is 0.171 e. The van der Waals surface area contributed by atoms with Gasteiger partial charge in [-0.15, -0.1) is 0 Å². The van der Waals surface area contributed by atoms with Gasteiger partial charge in [0.2, 0.25) is 0 Å². The van der Waals surface area contributed by atoms with Crippen LogP contribution in [-0.2, 0) is 0 Å². The Balaban J connectivity index is 3.10. The lowest BCUT2D eigenvalue weighted by atomic mass is 9.93. The monoisotopic (exact) mass is 207 g/mol. The minimum absolute atomic E-state index is 0.00287. The van der Waals surface area contributed by atoms with Crippen molar-refractivity contribution in [1.82, 2.24) is 4.98 Å². The lowest BCUT2D eigenvalue weighted by Crippen LogP contribution is -2.24. The van der Waals surface area contributed by atoms with Crippen LogP contribution >= 0.6 is 0 Å². The zero-order valence-electron chi connectivity index (χ0n) is 9.16. The molecule has 1 atom stereocenters. The second kappa shape index (κ2) is 4.89. The number of aromatic nitrogens is 1. The molecule has 0 aliphatic carbocycles. The molecule has 0 saturated heterocycles. The first-order chi connectivity index (χ1) is 7.11. The molecule has 15 heavy (non-hydrogen) atoms. The first-order valence-corrected chi connectivity index (χ1v) is 5.07. The van der Waals surface area contributed by atoms with Gasteiger partial charge in [0.05, 0.1) is 5.56 Å². The molecule has 82 valence electrons. The normalized spacial score (nSPS) is 12.5. The van der Waals surface area contributed by atoms with Gasteiger partial charge in [0.1, 0.15) is 5.82 Å². The summed E-state index contributed by atoms with van der Waals surface area (Å²) in [5.74, 6) is 0.144. The number of nitrogens with zero attached hydrogens (tertiary/aromatic N) is 1. The number of hydrogen-bond acceptors (Lipinski definition) is 4. The molecule has 1 aromatic rings. The minimum atomic E-state index is -0.157. The van der Waals surface area contributed by atoms with Crippen LogP contribution in [0.2, 0.25) is 0 Å². The zero-order chi connectivity index (χ0) is 11.4. The minimum Gasteiger partial charge on any atom is -0.383 e. The zero-order valence-corrected chi connectivity index (χ0v) is 9.16. The number of carbonyl (C=O) groups excluding carboxylic acids is 1. The Morgan fingerprint density at radius 1 is 1.60 bits per heavy atom. The summed E-state index contributed by atoms with van der Waals surface area (Å²) in [4.78, 5) is 16.0. The van der Waals surface area contributed by atoms with E-state index in [1.165, 1.54) is 0 Å². The van der Waals surface area contributed by atoms with Crippen LogP contribution < -0.4 is 11.5 Å². The number of nitrogen functional groups attached to an aromatic ring is 1. The Bertz CT molecular complexity index is 339. The Kier molecular flexibility index (Phi) is 3.80. The van der Waals surface area contributed by atoms with E-state index in [0.717, 1.165) is 12.0 Å². The molecule has 0 bridgehead atoms. The van der Waals surface area contributed by atoms with Crippen molar-refractivity contribution in [3.63, 3.8) is 0 Å². The second-order valence-corrected chi connectivity index (χ2v) is 3.59. The highest BCUT2D eigenvalue weighted by atomic mass is 16.1. The van der Waals surface area contributed by atoms with Crippen LogP contribution in [0.1, 0.15) is 29.3 Å². The molecule has 0 aromatic carbocycles. The van der Waals surface area contributed by atoms with E-state index >= 15 is 0 Å². The molecule has 1 aromatic heterocycles. The largest absolute Gasteiger partial charge is 0.383 e. The van der Waals surface area contributed by atoms with Gasteiger partial charge in [0.25, 0.3) is 0 Å². The van der Waals surface area contributed by atoms with E-state index in [2.05, 4.69) is 4.98 Å². The maximum atomic E-state index is 12.0. The molecule has 1 rings (SSSR count). The molecule has 1 heterocycles. The predicted molar refractivity (Wildman–Crippen MR) is 60.6 cm³/mol. The van der Waals surface area contributed by atoms with Gasteiger partial charge in [-0.1, -0.05) is 6.92 Å². The van der Waals surface area contributed by atoms with Crippen LogP contribution in [0.5, 0.6) is 0 Å². The van der Waals surface area contributed by atoms with Crippen molar-refractivity contribution >= 4 is 11.6 Å². The van der Waals surface area contributed by atoms with Gasteiger partial charge in [0.15, 0.2) is 5.78 Å². The third-order valence-electron chi connectivity index (χ3n) is 2.58. The SMILES string of the molecule is CCC(CN)C(=O)c1c(C)ccnc1N. The Hall–Kier alpha value is -1.42. The van der Waals surface area contributed by atoms with E-state index in [9.17, 15) is 4.79 Å². The molecule has 0 aliphatic rings. The smallest absolute Gasteiger partial charge is 0.171 e. The number of pyridine rings is 1. The number of carbonyl (C=O) groups is 1. The third kappa shape index (κ3) is 2.33. The number of rotatable bonds is 4. The van der Waals surface area contributed by atoms with Crippen LogP contribution in [0.25, 0.3) is 0 Å². The van der Waals surface area contributed by atoms with Crippen LogP contribution in [-0.4, -0.2) is 17.3 Å². The van der Waals surface area contributed by atoms with Crippen LogP contribution in [0, 0.1) is 12.8 Å². The van der Waals surface area contributed by atoms with E-state index in [1.807, 2.05) is 13.8 Å². The summed E-state index contributed by atoms with van der Waals surface area (Å²) >= 11 is 0. The molecule has 0 fully saturated rings. The molecular weight excluding hydrogens is 190 g/mol. The van der Waals surface area contributed by atoms with Crippen molar-refractivity contribution in [2.75, 3.05) is 12.3 Å². The summed E-state index contributed by atoms with van der Waals surface area (Å²) in [6, 6.07) is 1.78. The topological polar surface area (TPSA) is 82.0 Å². The third-order valence-corrected chi connectivity index (χ3v) is 2.58. The van der Waals surface area contributed by atoms with Gasteiger partial charge in [0, 0.05) is 18.7 Å². The highest BCUT2D eigenvalue weighted by Crippen LogP contribution is 2.19. The van der Waals surface area contributed by atoms with Crippen LogP contribution in [0.4, 0.5) is 5.82 Å². The van der Waals surface area contributed by atoms with E-state index in [0.29, 0.717) is 17.9 Å². The quantitative estimate of drug-likeness (QED) is 0.725. The lowest BCUT2D eigenvalue weighted by Gasteiger charge is -2.13. The fourth-order valence-electron chi connectivity index (χ4n) is 1.56. The summed E-state index contributed by atoms with van der Waals surface area (Å²) in [5, 5.41) is 0. The fraction of sp³-hybridized carbons (Fsp3) is 0.455. The molecule has 1 unspecified atom stereocenters. The molecule has 4 N–H and O–H groups in total. The average Bonchev–Trinajstić information content (AvgIpc) is 2.19. The van der Waals surface area contributed by atoms with Gasteiger partial charge >= 0.3 is 0 Å². The Morgan fingerprint density at radius 3 is 2.73 bits per heavy atom. The molecule has 0 saturated carbocycles. The molecule has 0 radical (unpaired) electrons. The summed E-state index contributed by atoms with van der Waals surface area (Å²) in [7, 11) is 0.